The maximum absolute atomic E-state index is 10.5. The van der Waals surface area contributed by atoms with Gasteiger partial charge in [-0.3, -0.25) is 10.1 Å². The molecule has 0 fully saturated rings. The minimum atomic E-state index is -1.08. The van der Waals surface area contributed by atoms with Gasteiger partial charge in [0.15, 0.2) is 0 Å². The van der Waals surface area contributed by atoms with Gasteiger partial charge in [0.2, 0.25) is 6.20 Å². The molecule has 6 heteroatoms. The summed E-state index contributed by atoms with van der Waals surface area (Å²) in [6.07, 6.45) is 1.90. The second kappa shape index (κ2) is 3.81. The Morgan fingerprint density at radius 1 is 1.69 bits per heavy atom. The summed E-state index contributed by atoms with van der Waals surface area (Å²) in [6.45, 7) is 0. The number of rotatable bonds is 3. The highest BCUT2D eigenvalue weighted by atomic mass is 32.1. The molecule has 0 bridgehead atoms. The first-order valence-corrected chi connectivity index (χ1v) is 4.11. The van der Waals surface area contributed by atoms with Crippen molar-refractivity contribution in [1.29, 1.82) is 0 Å². The fraction of sp³-hybridized carbons (Fsp3) is 0. The van der Waals surface area contributed by atoms with E-state index in [-0.39, 0.29) is 5.56 Å². The fourth-order valence-corrected chi connectivity index (χ4v) is 1.53. The lowest BCUT2D eigenvalue weighted by Crippen LogP contribution is -1.95. The monoisotopic (exact) mass is 199 g/mol. The highest BCUT2D eigenvalue weighted by Crippen LogP contribution is 2.18. The van der Waals surface area contributed by atoms with Gasteiger partial charge in [-0.15, -0.1) is 11.3 Å². The Labute approximate surface area is 77.1 Å². The van der Waals surface area contributed by atoms with E-state index in [1.54, 1.807) is 5.38 Å². The summed E-state index contributed by atoms with van der Waals surface area (Å²) >= 11 is 1.15. The van der Waals surface area contributed by atoms with E-state index in [1.807, 2.05) is 0 Å². The number of carbonyl (C=O) groups is 1. The number of hydrogen-bond donors (Lipinski definition) is 1. The molecule has 0 saturated heterocycles. The lowest BCUT2D eigenvalue weighted by Gasteiger charge is -1.88. The first-order valence-electron chi connectivity index (χ1n) is 3.23. The lowest BCUT2D eigenvalue weighted by atomic mass is 10.2. The van der Waals surface area contributed by atoms with Crippen molar-refractivity contribution in [3.05, 3.63) is 38.2 Å². The number of aromatic carboxylic acids is 1. The maximum Gasteiger partial charge on any atom is 0.337 e. The molecule has 0 atom stereocenters. The Hall–Kier alpha value is -1.69. The maximum atomic E-state index is 10.5. The van der Waals surface area contributed by atoms with Gasteiger partial charge in [0.05, 0.1) is 10.5 Å². The average molecular weight is 199 g/mol. The summed E-state index contributed by atoms with van der Waals surface area (Å²) in [5.74, 6) is -1.08. The highest BCUT2D eigenvalue weighted by Gasteiger charge is 2.09. The van der Waals surface area contributed by atoms with Gasteiger partial charge in [-0.05, 0) is 11.4 Å². The highest BCUT2D eigenvalue weighted by molar-refractivity contribution is 7.11. The van der Waals surface area contributed by atoms with E-state index in [2.05, 4.69) is 0 Å². The van der Waals surface area contributed by atoms with Crippen LogP contribution in [0.1, 0.15) is 15.2 Å². The Morgan fingerprint density at radius 2 is 2.38 bits per heavy atom. The van der Waals surface area contributed by atoms with Crippen LogP contribution in [0.2, 0.25) is 0 Å². The summed E-state index contributed by atoms with van der Waals surface area (Å²) in [7, 11) is 0. The van der Waals surface area contributed by atoms with Crippen LogP contribution in [0.15, 0.2) is 17.6 Å². The standard InChI is InChI=1S/C7H5NO4S/c9-7(10)5-2-4-13-6(5)1-3-8(11)12/h1-4H,(H,9,10)/b3-1+. The van der Waals surface area contributed by atoms with E-state index in [0.717, 1.165) is 17.5 Å². The Morgan fingerprint density at radius 3 is 2.92 bits per heavy atom. The second-order valence-corrected chi connectivity index (χ2v) is 3.05. The molecular weight excluding hydrogens is 194 g/mol. The molecule has 68 valence electrons. The van der Waals surface area contributed by atoms with Gasteiger partial charge < -0.3 is 5.11 Å². The Kier molecular flexibility index (Phi) is 2.76. The van der Waals surface area contributed by atoms with E-state index in [1.165, 1.54) is 12.1 Å². The zero-order valence-electron chi connectivity index (χ0n) is 6.34. The molecule has 0 unspecified atom stereocenters. The van der Waals surface area contributed by atoms with E-state index in [4.69, 9.17) is 5.11 Å². The largest absolute Gasteiger partial charge is 0.478 e. The van der Waals surface area contributed by atoms with Gasteiger partial charge in [0.1, 0.15) is 0 Å². The molecule has 0 aliphatic rings. The van der Waals surface area contributed by atoms with Crippen LogP contribution in [0.25, 0.3) is 6.08 Å². The van der Waals surface area contributed by atoms with Gasteiger partial charge in [-0.2, -0.15) is 0 Å². The van der Waals surface area contributed by atoms with E-state index >= 15 is 0 Å². The number of carboxylic acids is 1. The molecule has 1 aromatic rings. The summed E-state index contributed by atoms with van der Waals surface area (Å²) in [5, 5.41) is 20.1. The molecule has 0 aromatic carbocycles. The number of hydrogen-bond acceptors (Lipinski definition) is 4. The van der Waals surface area contributed by atoms with Crippen LogP contribution < -0.4 is 0 Å². The van der Waals surface area contributed by atoms with Crippen LogP contribution in [-0.4, -0.2) is 16.0 Å². The fourth-order valence-electron chi connectivity index (χ4n) is 0.755. The number of thiophene rings is 1. The summed E-state index contributed by atoms with van der Waals surface area (Å²) in [4.78, 5) is 20.2. The van der Waals surface area contributed by atoms with Crippen LogP contribution in [0, 0.1) is 10.1 Å². The predicted molar refractivity (Wildman–Crippen MR) is 47.3 cm³/mol. The molecule has 0 aliphatic carbocycles. The average Bonchev–Trinajstić information content (AvgIpc) is 2.47. The minimum absolute atomic E-state index is 0.0862. The minimum Gasteiger partial charge on any atom is -0.478 e. The summed E-state index contributed by atoms with van der Waals surface area (Å²) in [6, 6.07) is 1.41. The lowest BCUT2D eigenvalue weighted by molar-refractivity contribution is -0.400. The zero-order chi connectivity index (χ0) is 9.84. The van der Waals surface area contributed by atoms with E-state index in [0.29, 0.717) is 4.88 Å². The van der Waals surface area contributed by atoms with Crippen molar-refractivity contribution in [3.63, 3.8) is 0 Å². The van der Waals surface area contributed by atoms with Crippen molar-refractivity contribution in [2.45, 2.75) is 0 Å². The third-order valence-electron chi connectivity index (χ3n) is 1.27. The molecule has 0 saturated carbocycles. The third kappa shape index (κ3) is 2.38. The van der Waals surface area contributed by atoms with E-state index < -0.39 is 10.9 Å². The Bertz CT molecular complexity index is 368. The van der Waals surface area contributed by atoms with Crippen molar-refractivity contribution in [2.24, 2.45) is 0 Å². The van der Waals surface area contributed by atoms with Gasteiger partial charge in [0, 0.05) is 11.0 Å². The molecule has 0 aliphatic heterocycles. The zero-order valence-corrected chi connectivity index (χ0v) is 7.15. The van der Waals surface area contributed by atoms with Gasteiger partial charge in [0.25, 0.3) is 0 Å². The molecule has 1 aromatic heterocycles. The predicted octanol–water partition coefficient (Wildman–Crippen LogP) is 1.69. The van der Waals surface area contributed by atoms with Gasteiger partial charge in [-0.25, -0.2) is 4.79 Å². The number of carboxylic acid groups (broad SMARTS) is 1. The molecule has 5 nitrogen and oxygen atoms in total. The van der Waals surface area contributed by atoms with Crippen molar-refractivity contribution in [3.8, 4) is 0 Å². The molecule has 1 heterocycles. The molecule has 0 amide bonds. The molecular formula is C7H5NO4S. The molecule has 13 heavy (non-hydrogen) atoms. The summed E-state index contributed by atoms with van der Waals surface area (Å²) < 4.78 is 0. The number of nitrogens with zero attached hydrogens (tertiary/aromatic N) is 1. The first-order chi connectivity index (χ1) is 6.11. The first kappa shape index (κ1) is 9.40. The molecule has 1 N–H and O–H groups in total. The van der Waals surface area contributed by atoms with Gasteiger partial charge >= 0.3 is 5.97 Å². The molecule has 0 spiro atoms. The second-order valence-electron chi connectivity index (χ2n) is 2.10. The van der Waals surface area contributed by atoms with Crippen LogP contribution in [-0.2, 0) is 0 Å². The molecule has 1 rings (SSSR count). The van der Waals surface area contributed by atoms with Gasteiger partial charge in [-0.1, -0.05) is 0 Å². The van der Waals surface area contributed by atoms with Crippen molar-refractivity contribution in [1.82, 2.24) is 0 Å². The summed E-state index contributed by atoms with van der Waals surface area (Å²) in [5.41, 5.74) is 0.0862. The van der Waals surface area contributed by atoms with E-state index in [9.17, 15) is 14.9 Å². The van der Waals surface area contributed by atoms with Crippen LogP contribution in [0.3, 0.4) is 0 Å². The Balaban J connectivity index is 2.95. The van der Waals surface area contributed by atoms with Crippen molar-refractivity contribution < 1.29 is 14.8 Å². The molecule has 0 radical (unpaired) electrons. The third-order valence-corrected chi connectivity index (χ3v) is 2.16. The van der Waals surface area contributed by atoms with Crippen molar-refractivity contribution >= 4 is 23.4 Å². The normalized spacial score (nSPS) is 10.5. The van der Waals surface area contributed by atoms with Crippen molar-refractivity contribution in [2.75, 3.05) is 0 Å². The quantitative estimate of drug-likeness (QED) is 0.593. The van der Waals surface area contributed by atoms with Crippen LogP contribution >= 0.6 is 11.3 Å². The smallest absolute Gasteiger partial charge is 0.337 e. The SMILES string of the molecule is O=C(O)c1ccsc1/C=C/[N+](=O)[O-]. The van der Waals surface area contributed by atoms with Crippen LogP contribution in [0.5, 0.6) is 0 Å². The topological polar surface area (TPSA) is 80.4 Å². The number of nitro groups is 1. The van der Waals surface area contributed by atoms with Crippen LogP contribution in [0.4, 0.5) is 0 Å².